The van der Waals surface area contributed by atoms with Crippen molar-refractivity contribution in [1.29, 1.82) is 10.7 Å². The number of fused-ring (bicyclic) bond motifs is 1. The van der Waals surface area contributed by atoms with Gasteiger partial charge in [-0.2, -0.15) is 5.26 Å². The first-order valence-corrected chi connectivity index (χ1v) is 9.05. The molecule has 2 atom stereocenters. The average molecular weight is 380 g/mol. The van der Waals surface area contributed by atoms with Gasteiger partial charge in [0.15, 0.2) is 11.5 Å². The molecule has 2 aromatic heterocycles. The SMILES string of the molecule is COc1ccc(C2c3c(n[nH]c3-c3cccs3)OC(=N)C2C#N)cc1OC. The Balaban J connectivity index is 1.93. The lowest BCUT2D eigenvalue weighted by atomic mass is 9.79. The average Bonchev–Trinajstić information content (AvgIpc) is 3.35. The third kappa shape index (κ3) is 2.73. The summed E-state index contributed by atoms with van der Waals surface area (Å²) in [5, 5.41) is 27.1. The second-order valence-corrected chi connectivity index (χ2v) is 6.91. The summed E-state index contributed by atoms with van der Waals surface area (Å²) in [4.78, 5) is 0.989. The molecule has 0 amide bonds. The third-order valence-corrected chi connectivity index (χ3v) is 5.46. The van der Waals surface area contributed by atoms with Crippen molar-refractivity contribution in [2.24, 2.45) is 5.92 Å². The Morgan fingerprint density at radius 2 is 2.07 bits per heavy atom. The fourth-order valence-electron chi connectivity index (χ4n) is 3.33. The molecule has 0 spiro atoms. The number of hydrogen-bond donors (Lipinski definition) is 2. The van der Waals surface area contributed by atoms with E-state index >= 15 is 0 Å². The number of nitrogens with zero attached hydrogens (tertiary/aromatic N) is 2. The number of methoxy groups -OCH3 is 2. The number of hydrogen-bond acceptors (Lipinski definition) is 7. The number of nitrogens with one attached hydrogen (secondary N) is 2. The minimum absolute atomic E-state index is 0.117. The van der Waals surface area contributed by atoms with Crippen molar-refractivity contribution >= 4 is 17.2 Å². The molecule has 4 rings (SSSR count). The Bertz CT molecular complexity index is 1040. The van der Waals surface area contributed by atoms with Crippen molar-refractivity contribution in [3.8, 4) is 34.0 Å². The quantitative estimate of drug-likeness (QED) is 0.716. The Hall–Kier alpha value is -3.31. The number of H-pyrrole nitrogens is 1. The zero-order valence-corrected chi connectivity index (χ0v) is 15.5. The summed E-state index contributed by atoms with van der Waals surface area (Å²) >= 11 is 1.57. The predicted octanol–water partition coefficient (Wildman–Crippen LogP) is 3.80. The smallest absolute Gasteiger partial charge is 0.244 e. The van der Waals surface area contributed by atoms with Gasteiger partial charge in [0.2, 0.25) is 11.8 Å². The fraction of sp³-hybridized carbons (Fsp3) is 0.211. The van der Waals surface area contributed by atoms with Gasteiger partial charge in [-0.3, -0.25) is 10.5 Å². The molecule has 7 nitrogen and oxygen atoms in total. The van der Waals surface area contributed by atoms with E-state index in [1.165, 1.54) is 0 Å². The zero-order chi connectivity index (χ0) is 19.0. The van der Waals surface area contributed by atoms with Gasteiger partial charge in [0.05, 0.1) is 36.4 Å². The maximum absolute atomic E-state index is 9.75. The highest BCUT2D eigenvalue weighted by atomic mass is 32.1. The van der Waals surface area contributed by atoms with Gasteiger partial charge >= 0.3 is 0 Å². The molecular formula is C19H16N4O3S. The molecule has 1 aliphatic heterocycles. The first-order chi connectivity index (χ1) is 13.2. The monoisotopic (exact) mass is 380 g/mol. The van der Waals surface area contributed by atoms with E-state index in [1.807, 2.05) is 29.6 Å². The molecule has 0 bridgehead atoms. The number of aromatic amines is 1. The third-order valence-electron chi connectivity index (χ3n) is 4.58. The van der Waals surface area contributed by atoms with Crippen LogP contribution in [0.25, 0.3) is 10.6 Å². The van der Waals surface area contributed by atoms with Crippen molar-refractivity contribution < 1.29 is 14.2 Å². The largest absolute Gasteiger partial charge is 0.493 e. The summed E-state index contributed by atoms with van der Waals surface area (Å²) < 4.78 is 16.3. The molecule has 1 aliphatic rings. The summed E-state index contributed by atoms with van der Waals surface area (Å²) in [6.07, 6.45) is 0. The second-order valence-electron chi connectivity index (χ2n) is 5.96. The molecule has 1 aromatic carbocycles. The number of rotatable bonds is 4. The van der Waals surface area contributed by atoms with Gasteiger partial charge in [0.25, 0.3) is 0 Å². The lowest BCUT2D eigenvalue weighted by molar-refractivity contribution is 0.354. The topological polar surface area (TPSA) is 104 Å². The van der Waals surface area contributed by atoms with Crippen molar-refractivity contribution in [1.82, 2.24) is 10.2 Å². The highest BCUT2D eigenvalue weighted by molar-refractivity contribution is 7.13. The molecular weight excluding hydrogens is 364 g/mol. The lowest BCUT2D eigenvalue weighted by Crippen LogP contribution is -2.30. The summed E-state index contributed by atoms with van der Waals surface area (Å²) in [5.74, 6) is 0.188. The summed E-state index contributed by atoms with van der Waals surface area (Å²) in [5.41, 5.74) is 2.40. The Labute approximate surface area is 159 Å². The number of ether oxygens (including phenoxy) is 3. The molecule has 2 unspecified atom stereocenters. The molecule has 0 saturated carbocycles. The molecule has 8 heteroatoms. The van der Waals surface area contributed by atoms with Gasteiger partial charge < -0.3 is 14.2 Å². The van der Waals surface area contributed by atoms with Crippen molar-refractivity contribution in [3.63, 3.8) is 0 Å². The summed E-state index contributed by atoms with van der Waals surface area (Å²) in [6.45, 7) is 0. The van der Waals surface area contributed by atoms with E-state index in [1.54, 1.807) is 31.6 Å². The normalized spacial score (nSPS) is 18.3. The van der Waals surface area contributed by atoms with Crippen molar-refractivity contribution in [3.05, 3.63) is 46.8 Å². The van der Waals surface area contributed by atoms with E-state index in [0.29, 0.717) is 17.4 Å². The van der Waals surface area contributed by atoms with E-state index in [-0.39, 0.29) is 5.90 Å². The Morgan fingerprint density at radius 3 is 2.74 bits per heavy atom. The maximum Gasteiger partial charge on any atom is 0.244 e. The van der Waals surface area contributed by atoms with E-state index in [0.717, 1.165) is 21.7 Å². The van der Waals surface area contributed by atoms with E-state index < -0.39 is 11.8 Å². The molecule has 3 heterocycles. The van der Waals surface area contributed by atoms with Crippen LogP contribution < -0.4 is 14.2 Å². The number of aromatic nitrogens is 2. The fourth-order valence-corrected chi connectivity index (χ4v) is 4.07. The molecule has 0 radical (unpaired) electrons. The second kappa shape index (κ2) is 6.78. The van der Waals surface area contributed by atoms with Crippen LogP contribution in [0.4, 0.5) is 0 Å². The zero-order valence-electron chi connectivity index (χ0n) is 14.6. The molecule has 27 heavy (non-hydrogen) atoms. The van der Waals surface area contributed by atoms with E-state index in [2.05, 4.69) is 16.3 Å². The number of benzene rings is 1. The maximum atomic E-state index is 9.75. The summed E-state index contributed by atoms with van der Waals surface area (Å²) in [7, 11) is 3.14. The van der Waals surface area contributed by atoms with Crippen molar-refractivity contribution in [2.75, 3.05) is 14.2 Å². The van der Waals surface area contributed by atoms with Crippen LogP contribution >= 0.6 is 11.3 Å². The minimum atomic E-state index is -0.771. The molecule has 136 valence electrons. The van der Waals surface area contributed by atoms with Gasteiger partial charge in [0, 0.05) is 5.92 Å². The number of nitriles is 1. The molecule has 2 N–H and O–H groups in total. The van der Waals surface area contributed by atoms with Crippen LogP contribution in [-0.4, -0.2) is 30.3 Å². The van der Waals surface area contributed by atoms with Crippen LogP contribution in [-0.2, 0) is 0 Å². The molecule has 0 fully saturated rings. The van der Waals surface area contributed by atoms with E-state index in [4.69, 9.17) is 19.6 Å². The number of thiophene rings is 1. The Morgan fingerprint density at radius 1 is 1.26 bits per heavy atom. The molecule has 0 aliphatic carbocycles. The first-order valence-electron chi connectivity index (χ1n) is 8.18. The standard InChI is InChI=1S/C19H16N4O3S/c1-24-12-6-5-10(8-13(12)25-2)15-11(9-20)18(21)26-19-16(15)17(22-23-19)14-4-3-7-27-14/h3-8,11,15,21H,1-2H3,(H,22,23). The highest BCUT2D eigenvalue weighted by Crippen LogP contribution is 2.47. The van der Waals surface area contributed by atoms with Crippen LogP contribution in [0.5, 0.6) is 17.4 Å². The van der Waals surface area contributed by atoms with Gasteiger partial charge in [-0.05, 0) is 29.1 Å². The van der Waals surface area contributed by atoms with Gasteiger partial charge in [-0.25, -0.2) is 0 Å². The lowest BCUT2D eigenvalue weighted by Gasteiger charge is -2.28. The molecule has 3 aromatic rings. The van der Waals surface area contributed by atoms with Crippen LogP contribution in [0.1, 0.15) is 17.0 Å². The minimum Gasteiger partial charge on any atom is -0.493 e. The van der Waals surface area contributed by atoms with Gasteiger partial charge in [0.1, 0.15) is 5.92 Å². The van der Waals surface area contributed by atoms with Gasteiger partial charge in [-0.15, -0.1) is 16.4 Å². The van der Waals surface area contributed by atoms with Crippen molar-refractivity contribution in [2.45, 2.75) is 5.92 Å². The van der Waals surface area contributed by atoms with Gasteiger partial charge in [-0.1, -0.05) is 12.1 Å². The predicted molar refractivity (Wildman–Crippen MR) is 101 cm³/mol. The van der Waals surface area contributed by atoms with Crippen LogP contribution in [0.3, 0.4) is 0 Å². The van der Waals surface area contributed by atoms with Crippen LogP contribution in [0.15, 0.2) is 35.7 Å². The summed E-state index contributed by atoms with van der Waals surface area (Å²) in [6, 6.07) is 11.7. The van der Waals surface area contributed by atoms with Crippen LogP contribution in [0, 0.1) is 22.7 Å². The van der Waals surface area contributed by atoms with E-state index in [9.17, 15) is 5.26 Å². The highest BCUT2D eigenvalue weighted by Gasteiger charge is 2.41. The first kappa shape index (κ1) is 17.1. The molecule has 0 saturated heterocycles. The van der Waals surface area contributed by atoms with Crippen LogP contribution in [0.2, 0.25) is 0 Å². The Kier molecular flexibility index (Phi) is 4.30.